The van der Waals surface area contributed by atoms with Crippen molar-refractivity contribution >= 4 is 28.2 Å². The van der Waals surface area contributed by atoms with Crippen molar-refractivity contribution in [1.82, 2.24) is 14.8 Å². The zero-order chi connectivity index (χ0) is 17.3. The molecule has 6 nitrogen and oxygen atoms in total. The Balaban J connectivity index is 1.84. The second-order valence-corrected chi connectivity index (χ2v) is 6.07. The molecule has 3 aromatic rings. The Morgan fingerprint density at radius 3 is 2.67 bits per heavy atom. The van der Waals surface area contributed by atoms with E-state index in [-0.39, 0.29) is 12.1 Å². The molecule has 0 radical (unpaired) electrons. The van der Waals surface area contributed by atoms with Crippen molar-refractivity contribution in [3.8, 4) is 0 Å². The smallest absolute Gasteiger partial charge is 0.307 e. The Bertz CT molecular complexity index is 892. The van der Waals surface area contributed by atoms with E-state index in [0.29, 0.717) is 0 Å². The fourth-order valence-corrected chi connectivity index (χ4v) is 2.85. The van der Waals surface area contributed by atoms with Gasteiger partial charge in [-0.2, -0.15) is 5.10 Å². The molecule has 6 heteroatoms. The van der Waals surface area contributed by atoms with Gasteiger partial charge in [0, 0.05) is 29.2 Å². The van der Waals surface area contributed by atoms with Crippen molar-refractivity contribution in [2.75, 3.05) is 10.6 Å². The maximum atomic E-state index is 12.4. The lowest BCUT2D eigenvalue weighted by Gasteiger charge is -2.11. The number of nitrogens with zero attached hydrogens (tertiary/aromatic N) is 3. The van der Waals surface area contributed by atoms with E-state index >= 15 is 0 Å². The van der Waals surface area contributed by atoms with Crippen LogP contribution in [0.3, 0.4) is 0 Å². The fraction of sp³-hybridized carbons (Fsp3) is 0.278. The molecular formula is C18H21N5O. The van der Waals surface area contributed by atoms with Crippen LogP contribution >= 0.6 is 0 Å². The number of rotatable bonds is 3. The highest BCUT2D eigenvalue weighted by molar-refractivity contribution is 6.06. The lowest BCUT2D eigenvalue weighted by atomic mass is 10.1. The Hall–Kier alpha value is -2.89. The van der Waals surface area contributed by atoms with Crippen LogP contribution in [0.25, 0.3) is 10.8 Å². The van der Waals surface area contributed by atoms with E-state index in [1.165, 1.54) is 0 Å². The highest BCUT2D eigenvalue weighted by atomic mass is 16.2. The minimum Gasteiger partial charge on any atom is -0.307 e. The maximum Gasteiger partial charge on any atom is 0.323 e. The number of hydrogen-bond acceptors (Lipinski definition) is 3. The van der Waals surface area contributed by atoms with Gasteiger partial charge in [-0.05, 0) is 39.8 Å². The summed E-state index contributed by atoms with van der Waals surface area (Å²) in [4.78, 5) is 16.5. The van der Waals surface area contributed by atoms with Crippen molar-refractivity contribution < 1.29 is 4.79 Å². The molecule has 24 heavy (non-hydrogen) atoms. The van der Waals surface area contributed by atoms with E-state index in [1.54, 1.807) is 12.4 Å². The number of pyridine rings is 1. The van der Waals surface area contributed by atoms with Crippen LogP contribution in [-0.2, 0) is 0 Å². The predicted octanol–water partition coefficient (Wildman–Crippen LogP) is 4.27. The minimum absolute atomic E-state index is 0.243. The predicted molar refractivity (Wildman–Crippen MR) is 96.5 cm³/mol. The molecule has 124 valence electrons. The fourth-order valence-electron chi connectivity index (χ4n) is 2.85. The number of aryl methyl sites for hydroxylation is 1. The standard InChI is InChI=1S/C18H21N5O/c1-11(2)23-13(4)17(12(3)22-23)21-18(24)20-16-7-5-6-14-10-19-9-8-15(14)16/h5-11H,1-4H3,(H2,20,21,24). The van der Waals surface area contributed by atoms with Crippen LogP contribution in [0, 0.1) is 13.8 Å². The zero-order valence-corrected chi connectivity index (χ0v) is 14.3. The van der Waals surface area contributed by atoms with Gasteiger partial charge in [0.2, 0.25) is 0 Å². The van der Waals surface area contributed by atoms with E-state index in [1.807, 2.05) is 42.8 Å². The number of carbonyl (C=O) groups excluding carboxylic acids is 1. The second kappa shape index (κ2) is 6.31. The van der Waals surface area contributed by atoms with E-state index in [9.17, 15) is 4.79 Å². The molecule has 0 atom stereocenters. The molecule has 0 saturated carbocycles. The zero-order valence-electron chi connectivity index (χ0n) is 14.3. The third kappa shape index (κ3) is 2.95. The van der Waals surface area contributed by atoms with E-state index in [0.717, 1.165) is 33.5 Å². The molecule has 0 saturated heterocycles. The maximum absolute atomic E-state index is 12.4. The average Bonchev–Trinajstić information content (AvgIpc) is 2.83. The summed E-state index contributed by atoms with van der Waals surface area (Å²) >= 11 is 0. The summed E-state index contributed by atoms with van der Waals surface area (Å²) in [5.74, 6) is 0. The number of aromatic nitrogens is 3. The summed E-state index contributed by atoms with van der Waals surface area (Å²) in [6, 6.07) is 7.58. The molecule has 2 N–H and O–H groups in total. The third-order valence-electron chi connectivity index (χ3n) is 3.98. The summed E-state index contributed by atoms with van der Waals surface area (Å²) in [6.45, 7) is 7.98. The van der Waals surface area contributed by atoms with Gasteiger partial charge >= 0.3 is 6.03 Å². The van der Waals surface area contributed by atoms with Gasteiger partial charge in [0.25, 0.3) is 0 Å². The van der Waals surface area contributed by atoms with Crippen LogP contribution < -0.4 is 10.6 Å². The molecule has 0 aliphatic carbocycles. The van der Waals surface area contributed by atoms with Gasteiger partial charge in [-0.15, -0.1) is 0 Å². The highest BCUT2D eigenvalue weighted by Crippen LogP contribution is 2.24. The number of amides is 2. The first-order valence-corrected chi connectivity index (χ1v) is 7.94. The summed E-state index contributed by atoms with van der Waals surface area (Å²) in [7, 11) is 0. The molecule has 2 amide bonds. The summed E-state index contributed by atoms with van der Waals surface area (Å²) < 4.78 is 1.91. The van der Waals surface area contributed by atoms with Crippen molar-refractivity contribution in [2.24, 2.45) is 0 Å². The number of urea groups is 1. The average molecular weight is 323 g/mol. The van der Waals surface area contributed by atoms with Gasteiger partial charge in [0.15, 0.2) is 0 Å². The molecule has 0 aliphatic rings. The number of nitrogens with one attached hydrogen (secondary N) is 2. The van der Waals surface area contributed by atoms with Gasteiger partial charge in [-0.1, -0.05) is 12.1 Å². The van der Waals surface area contributed by atoms with E-state index in [4.69, 9.17) is 0 Å². The van der Waals surface area contributed by atoms with Gasteiger partial charge in [0.1, 0.15) is 0 Å². The number of carbonyl (C=O) groups is 1. The second-order valence-electron chi connectivity index (χ2n) is 6.07. The first-order chi connectivity index (χ1) is 11.5. The summed E-state index contributed by atoms with van der Waals surface area (Å²) in [6.07, 6.45) is 3.49. The van der Waals surface area contributed by atoms with Crippen LogP contribution in [0.1, 0.15) is 31.3 Å². The first-order valence-electron chi connectivity index (χ1n) is 7.94. The highest BCUT2D eigenvalue weighted by Gasteiger charge is 2.16. The van der Waals surface area contributed by atoms with Crippen molar-refractivity contribution in [3.05, 3.63) is 48.0 Å². The number of anilines is 2. The monoisotopic (exact) mass is 323 g/mol. The van der Waals surface area contributed by atoms with Gasteiger partial charge in [-0.25, -0.2) is 4.79 Å². The Kier molecular flexibility index (Phi) is 4.20. The van der Waals surface area contributed by atoms with Crippen LogP contribution in [0.4, 0.5) is 16.2 Å². The Morgan fingerprint density at radius 1 is 1.17 bits per heavy atom. The number of benzene rings is 1. The van der Waals surface area contributed by atoms with Gasteiger partial charge in [-0.3, -0.25) is 9.67 Å². The molecule has 2 aromatic heterocycles. The largest absolute Gasteiger partial charge is 0.323 e. The van der Waals surface area contributed by atoms with Crippen LogP contribution in [0.5, 0.6) is 0 Å². The Morgan fingerprint density at radius 2 is 1.96 bits per heavy atom. The molecule has 3 rings (SSSR count). The molecule has 0 unspecified atom stereocenters. The van der Waals surface area contributed by atoms with Gasteiger partial charge < -0.3 is 10.6 Å². The molecule has 0 aliphatic heterocycles. The number of hydrogen-bond donors (Lipinski definition) is 2. The summed E-state index contributed by atoms with van der Waals surface area (Å²) in [5.41, 5.74) is 3.25. The molecule has 1 aromatic carbocycles. The van der Waals surface area contributed by atoms with Crippen molar-refractivity contribution in [3.63, 3.8) is 0 Å². The SMILES string of the molecule is Cc1nn(C(C)C)c(C)c1NC(=O)Nc1cccc2cnccc12. The van der Waals surface area contributed by atoms with Crippen molar-refractivity contribution in [1.29, 1.82) is 0 Å². The van der Waals surface area contributed by atoms with Gasteiger partial charge in [0.05, 0.1) is 22.8 Å². The molecule has 0 spiro atoms. The quantitative estimate of drug-likeness (QED) is 0.756. The van der Waals surface area contributed by atoms with E-state index in [2.05, 4.69) is 34.6 Å². The minimum atomic E-state index is -0.284. The lowest BCUT2D eigenvalue weighted by molar-refractivity contribution is 0.262. The molecule has 2 heterocycles. The van der Waals surface area contributed by atoms with Crippen molar-refractivity contribution in [2.45, 2.75) is 33.7 Å². The molecule has 0 fully saturated rings. The molecular weight excluding hydrogens is 302 g/mol. The molecule has 0 bridgehead atoms. The lowest BCUT2D eigenvalue weighted by Crippen LogP contribution is -2.20. The first kappa shape index (κ1) is 16.0. The third-order valence-corrected chi connectivity index (χ3v) is 3.98. The topological polar surface area (TPSA) is 71.8 Å². The van der Waals surface area contributed by atoms with Crippen LogP contribution in [0.15, 0.2) is 36.7 Å². The van der Waals surface area contributed by atoms with Crippen LogP contribution in [0.2, 0.25) is 0 Å². The summed E-state index contributed by atoms with van der Waals surface area (Å²) in [5, 5.41) is 12.2. The van der Waals surface area contributed by atoms with E-state index < -0.39 is 0 Å². The Labute approximate surface area is 140 Å². The number of fused-ring (bicyclic) bond motifs is 1. The normalized spacial score (nSPS) is 11.0. The van der Waals surface area contributed by atoms with Crippen LogP contribution in [-0.4, -0.2) is 20.8 Å².